The molecular formula is C17H31NOSi. The van der Waals surface area contributed by atoms with Crippen molar-refractivity contribution in [3.63, 3.8) is 0 Å². The Bertz CT molecular complexity index is 367. The molecule has 1 aromatic carbocycles. The van der Waals surface area contributed by atoms with Crippen LogP contribution in [0, 0.1) is 0 Å². The smallest absolute Gasteiger partial charge is 0.228 e. The van der Waals surface area contributed by atoms with Crippen LogP contribution in [0.1, 0.15) is 60.1 Å². The number of rotatable bonds is 7. The van der Waals surface area contributed by atoms with E-state index in [4.69, 9.17) is 4.53 Å². The van der Waals surface area contributed by atoms with Gasteiger partial charge >= 0.3 is 0 Å². The highest BCUT2D eigenvalue weighted by atomic mass is 28.4. The molecule has 1 atom stereocenters. The van der Waals surface area contributed by atoms with Crippen LogP contribution >= 0.6 is 0 Å². The van der Waals surface area contributed by atoms with Crippen molar-refractivity contribution in [2.45, 2.75) is 71.1 Å². The number of hydroxylamine groups is 1. The molecule has 0 radical (unpaired) electrons. The van der Waals surface area contributed by atoms with Gasteiger partial charge in [0.1, 0.15) is 0 Å². The molecule has 114 valence electrons. The minimum Gasteiger partial charge on any atom is -0.344 e. The zero-order valence-corrected chi connectivity index (χ0v) is 15.1. The Kier molecular flexibility index (Phi) is 6.43. The Morgan fingerprint density at radius 2 is 1.25 bits per heavy atom. The first kappa shape index (κ1) is 17.4. The fourth-order valence-electron chi connectivity index (χ4n) is 3.35. The second-order valence-electron chi connectivity index (χ2n) is 6.67. The third-order valence-electron chi connectivity index (χ3n) is 4.42. The first-order valence-corrected chi connectivity index (χ1v) is 9.94. The molecule has 0 aliphatic carbocycles. The predicted octanol–water partition coefficient (Wildman–Crippen LogP) is 5.44. The summed E-state index contributed by atoms with van der Waals surface area (Å²) in [6.07, 6.45) is 0. The van der Waals surface area contributed by atoms with Gasteiger partial charge in [-0.3, -0.25) is 0 Å². The second-order valence-corrected chi connectivity index (χ2v) is 12.0. The molecule has 0 amide bonds. The van der Waals surface area contributed by atoms with Crippen molar-refractivity contribution in [2.75, 3.05) is 0 Å². The minimum absolute atomic E-state index is 0.222. The summed E-state index contributed by atoms with van der Waals surface area (Å²) in [5.74, 6) is 0. The predicted molar refractivity (Wildman–Crippen MR) is 90.1 cm³/mol. The number of hydrogen-bond acceptors (Lipinski definition) is 2. The summed E-state index contributed by atoms with van der Waals surface area (Å²) >= 11 is 0. The third kappa shape index (κ3) is 3.71. The number of hydrogen-bond donors (Lipinski definition) is 1. The molecule has 0 bridgehead atoms. The van der Waals surface area contributed by atoms with E-state index in [2.05, 4.69) is 78.2 Å². The van der Waals surface area contributed by atoms with Gasteiger partial charge in [0.25, 0.3) is 0 Å². The van der Waals surface area contributed by atoms with Crippen LogP contribution in [0.5, 0.6) is 0 Å². The lowest BCUT2D eigenvalue weighted by molar-refractivity contribution is 0.135. The summed E-state index contributed by atoms with van der Waals surface area (Å²) in [7, 11) is -1.83. The molecule has 1 aromatic rings. The molecule has 1 unspecified atom stereocenters. The molecule has 0 aliphatic heterocycles. The summed E-state index contributed by atoms with van der Waals surface area (Å²) < 4.78 is 6.42. The molecule has 0 spiro atoms. The number of nitrogens with one attached hydrogen (secondary N) is 1. The van der Waals surface area contributed by atoms with Gasteiger partial charge in [0.15, 0.2) is 0 Å². The molecule has 20 heavy (non-hydrogen) atoms. The highest BCUT2D eigenvalue weighted by molar-refractivity contribution is 6.77. The van der Waals surface area contributed by atoms with Crippen molar-refractivity contribution in [1.82, 2.24) is 5.48 Å². The maximum absolute atomic E-state index is 6.42. The van der Waals surface area contributed by atoms with Crippen molar-refractivity contribution >= 4 is 8.32 Å². The van der Waals surface area contributed by atoms with Crippen LogP contribution in [0.3, 0.4) is 0 Å². The summed E-state index contributed by atoms with van der Waals surface area (Å²) in [6, 6.07) is 10.7. The zero-order chi connectivity index (χ0) is 15.3. The van der Waals surface area contributed by atoms with Crippen LogP contribution < -0.4 is 5.48 Å². The third-order valence-corrected chi connectivity index (χ3v) is 10.3. The zero-order valence-electron chi connectivity index (χ0n) is 14.1. The molecule has 0 saturated heterocycles. The fourth-order valence-corrected chi connectivity index (χ4v) is 8.44. The van der Waals surface area contributed by atoms with E-state index < -0.39 is 8.32 Å². The second kappa shape index (κ2) is 7.39. The maximum Gasteiger partial charge on any atom is 0.228 e. The molecule has 0 saturated carbocycles. The first-order chi connectivity index (χ1) is 9.32. The van der Waals surface area contributed by atoms with Gasteiger partial charge in [-0.1, -0.05) is 71.9 Å². The lowest BCUT2D eigenvalue weighted by Crippen LogP contribution is -2.51. The molecule has 0 fully saturated rings. The summed E-state index contributed by atoms with van der Waals surface area (Å²) in [4.78, 5) is 0. The van der Waals surface area contributed by atoms with E-state index >= 15 is 0 Å². The van der Waals surface area contributed by atoms with Crippen molar-refractivity contribution in [1.29, 1.82) is 0 Å². The summed E-state index contributed by atoms with van der Waals surface area (Å²) in [5, 5.41) is 0. The Labute approximate surface area is 126 Å². The topological polar surface area (TPSA) is 21.3 Å². The average molecular weight is 294 g/mol. The van der Waals surface area contributed by atoms with Crippen LogP contribution in [0.25, 0.3) is 0 Å². The Balaban J connectivity index is 2.82. The van der Waals surface area contributed by atoms with Crippen LogP contribution in [0.15, 0.2) is 30.3 Å². The molecule has 0 aromatic heterocycles. The summed E-state index contributed by atoms with van der Waals surface area (Å²) in [5.41, 5.74) is 6.40. The number of benzene rings is 1. The van der Waals surface area contributed by atoms with Crippen LogP contribution in [-0.4, -0.2) is 8.32 Å². The van der Waals surface area contributed by atoms with Crippen molar-refractivity contribution in [3.8, 4) is 0 Å². The highest BCUT2D eigenvalue weighted by Gasteiger charge is 2.46. The molecular weight excluding hydrogens is 262 g/mol. The van der Waals surface area contributed by atoms with E-state index in [-0.39, 0.29) is 6.04 Å². The van der Waals surface area contributed by atoms with E-state index in [1.807, 2.05) is 6.07 Å². The van der Waals surface area contributed by atoms with Gasteiger partial charge in [-0.15, -0.1) is 0 Å². The lowest BCUT2D eigenvalue weighted by atomic mass is 10.1. The van der Waals surface area contributed by atoms with Crippen molar-refractivity contribution in [3.05, 3.63) is 35.9 Å². The van der Waals surface area contributed by atoms with Crippen LogP contribution in [0.4, 0.5) is 0 Å². The quantitative estimate of drug-likeness (QED) is 0.533. The molecule has 2 nitrogen and oxygen atoms in total. The largest absolute Gasteiger partial charge is 0.344 e. The monoisotopic (exact) mass is 293 g/mol. The van der Waals surface area contributed by atoms with Crippen LogP contribution in [0.2, 0.25) is 16.6 Å². The standard InChI is InChI=1S/C17H31NOSi/c1-13(2)20(14(3)4,15(5)6)19-18-16(7)17-11-9-8-10-12-17/h8-16,18H,1-7H3. The van der Waals surface area contributed by atoms with E-state index in [0.717, 1.165) is 0 Å². The van der Waals surface area contributed by atoms with E-state index in [1.165, 1.54) is 5.56 Å². The fraction of sp³-hybridized carbons (Fsp3) is 0.647. The first-order valence-electron chi connectivity index (χ1n) is 7.80. The molecule has 1 rings (SSSR count). The van der Waals surface area contributed by atoms with Gasteiger partial charge in [-0.2, -0.15) is 0 Å². The molecule has 3 heteroatoms. The van der Waals surface area contributed by atoms with E-state index in [1.54, 1.807) is 0 Å². The Hall–Kier alpha value is -0.643. The minimum atomic E-state index is -1.83. The van der Waals surface area contributed by atoms with E-state index in [0.29, 0.717) is 16.6 Å². The average Bonchev–Trinajstić information content (AvgIpc) is 2.38. The molecule has 0 heterocycles. The van der Waals surface area contributed by atoms with Gasteiger partial charge < -0.3 is 4.53 Å². The Morgan fingerprint density at radius 3 is 1.65 bits per heavy atom. The van der Waals surface area contributed by atoms with Crippen molar-refractivity contribution < 1.29 is 4.53 Å². The van der Waals surface area contributed by atoms with Crippen LogP contribution in [-0.2, 0) is 4.53 Å². The van der Waals surface area contributed by atoms with Gasteiger partial charge in [-0.25, -0.2) is 5.48 Å². The van der Waals surface area contributed by atoms with Gasteiger partial charge in [-0.05, 0) is 29.1 Å². The summed E-state index contributed by atoms with van der Waals surface area (Å²) in [6.45, 7) is 16.0. The Morgan fingerprint density at radius 1 is 0.800 bits per heavy atom. The van der Waals surface area contributed by atoms with Gasteiger partial charge in [0, 0.05) is 0 Å². The molecule has 1 N–H and O–H groups in total. The maximum atomic E-state index is 6.42. The molecule has 0 aliphatic rings. The van der Waals surface area contributed by atoms with Gasteiger partial charge in [0.2, 0.25) is 8.32 Å². The van der Waals surface area contributed by atoms with Crippen molar-refractivity contribution in [2.24, 2.45) is 0 Å². The normalized spacial score (nSPS) is 14.3. The highest BCUT2D eigenvalue weighted by Crippen LogP contribution is 2.41. The van der Waals surface area contributed by atoms with E-state index in [9.17, 15) is 0 Å². The lowest BCUT2D eigenvalue weighted by Gasteiger charge is -2.42. The van der Waals surface area contributed by atoms with Gasteiger partial charge in [0.05, 0.1) is 6.04 Å². The SMILES string of the molecule is CC(NO[Si](C(C)C)(C(C)C)C(C)C)c1ccccc1.